The quantitative estimate of drug-likeness (QED) is 0.238. The molecule has 4 rings (SSSR count). The van der Waals surface area contributed by atoms with Crippen molar-refractivity contribution in [3.63, 3.8) is 0 Å². The molecule has 4 aromatic rings. The number of rotatable bonds is 7. The van der Waals surface area contributed by atoms with Crippen LogP contribution in [0.5, 0.6) is 0 Å². The van der Waals surface area contributed by atoms with Gasteiger partial charge in [0.1, 0.15) is 0 Å². The number of anilines is 3. The fourth-order valence-corrected chi connectivity index (χ4v) is 3.73. The average Bonchev–Trinajstić information content (AvgIpc) is 2.93. The molecule has 0 aliphatic heterocycles. The highest BCUT2D eigenvalue weighted by atomic mass is 16.3. The molecule has 2 N–H and O–H groups in total. The lowest BCUT2D eigenvalue weighted by Crippen LogP contribution is -2.10. The minimum Gasteiger partial charge on any atom is -0.392 e. The zero-order valence-electron chi connectivity index (χ0n) is 19.0. The maximum absolute atomic E-state index is 9.41. The second-order valence-corrected chi connectivity index (χ2v) is 7.91. The topological polar surface area (TPSA) is 71.9 Å². The van der Waals surface area contributed by atoms with Gasteiger partial charge in [-0.2, -0.15) is 5.26 Å². The Balaban J connectivity index is 1.67. The van der Waals surface area contributed by atoms with Gasteiger partial charge in [0.25, 0.3) is 0 Å². The van der Waals surface area contributed by atoms with Crippen LogP contribution in [-0.4, -0.2) is 10.2 Å². The maximum Gasteiger partial charge on any atom is 0.194 e. The molecule has 0 heterocycles. The third-order valence-corrected chi connectivity index (χ3v) is 5.64. The van der Waals surface area contributed by atoms with Crippen LogP contribution in [0.3, 0.4) is 0 Å². The number of benzene rings is 4. The SMILES string of the molecule is [C-]#[N+]c1ccc(C#N)cc1C=Cc1ccc(N(c2ccc(CO)cc2)c2ccc(CO)cc2)cc1. The fourth-order valence-electron chi connectivity index (χ4n) is 3.73. The summed E-state index contributed by atoms with van der Waals surface area (Å²) in [7, 11) is 0. The molecular weight excluding hydrogens is 434 g/mol. The summed E-state index contributed by atoms with van der Waals surface area (Å²) in [6.45, 7) is 7.33. The van der Waals surface area contributed by atoms with Crippen LogP contribution in [0.15, 0.2) is 91.0 Å². The molecule has 0 spiro atoms. The van der Waals surface area contributed by atoms with Crippen molar-refractivity contribution in [2.24, 2.45) is 0 Å². The molecule has 0 atom stereocenters. The van der Waals surface area contributed by atoms with E-state index < -0.39 is 0 Å². The summed E-state index contributed by atoms with van der Waals surface area (Å²) >= 11 is 0. The first-order valence-electron chi connectivity index (χ1n) is 11.0. The Labute approximate surface area is 204 Å². The minimum atomic E-state index is -0.0149. The van der Waals surface area contributed by atoms with E-state index in [2.05, 4.69) is 15.8 Å². The van der Waals surface area contributed by atoms with Gasteiger partial charge in [-0.15, -0.1) is 0 Å². The van der Waals surface area contributed by atoms with Crippen molar-refractivity contribution in [3.8, 4) is 6.07 Å². The molecule has 0 aliphatic rings. The monoisotopic (exact) mass is 457 g/mol. The molecule has 4 aromatic carbocycles. The highest BCUT2D eigenvalue weighted by Crippen LogP contribution is 2.35. The molecule has 0 bridgehead atoms. The van der Waals surface area contributed by atoms with Crippen LogP contribution in [0, 0.1) is 17.9 Å². The van der Waals surface area contributed by atoms with Crippen molar-refractivity contribution in [3.05, 3.63) is 130 Å². The maximum atomic E-state index is 9.41. The Kier molecular flexibility index (Phi) is 7.35. The van der Waals surface area contributed by atoms with Gasteiger partial charge in [0, 0.05) is 17.1 Å². The van der Waals surface area contributed by atoms with E-state index in [9.17, 15) is 10.2 Å². The van der Waals surface area contributed by atoms with Gasteiger partial charge < -0.3 is 15.1 Å². The fraction of sp³-hybridized carbons (Fsp3) is 0.0667. The van der Waals surface area contributed by atoms with E-state index in [0.29, 0.717) is 16.8 Å². The molecule has 0 aliphatic carbocycles. The van der Waals surface area contributed by atoms with Crippen molar-refractivity contribution in [1.82, 2.24) is 0 Å². The van der Waals surface area contributed by atoms with Crippen molar-refractivity contribution < 1.29 is 10.2 Å². The summed E-state index contributed by atoms with van der Waals surface area (Å²) in [5.74, 6) is 0. The lowest BCUT2D eigenvalue weighted by molar-refractivity contribution is 0.281. The van der Waals surface area contributed by atoms with Gasteiger partial charge in [0.2, 0.25) is 0 Å². The Morgan fingerprint density at radius 1 is 0.743 bits per heavy atom. The van der Waals surface area contributed by atoms with Gasteiger partial charge in [-0.05, 0) is 64.7 Å². The van der Waals surface area contributed by atoms with Crippen molar-refractivity contribution >= 4 is 34.9 Å². The Hall–Kier alpha value is -4.68. The number of hydrogen-bond donors (Lipinski definition) is 2. The molecule has 0 saturated carbocycles. The molecule has 35 heavy (non-hydrogen) atoms. The van der Waals surface area contributed by atoms with Crippen LogP contribution >= 0.6 is 0 Å². The van der Waals surface area contributed by atoms with E-state index in [-0.39, 0.29) is 13.2 Å². The van der Waals surface area contributed by atoms with Crippen LogP contribution in [-0.2, 0) is 13.2 Å². The molecule has 0 saturated heterocycles. The van der Waals surface area contributed by atoms with Crippen LogP contribution in [0.4, 0.5) is 22.7 Å². The summed E-state index contributed by atoms with van der Waals surface area (Å²) in [5, 5.41) is 28.0. The largest absolute Gasteiger partial charge is 0.392 e. The number of nitrogens with zero attached hydrogens (tertiary/aromatic N) is 3. The summed E-state index contributed by atoms with van der Waals surface area (Å²) in [5.41, 5.74) is 7.19. The second kappa shape index (κ2) is 11.0. The van der Waals surface area contributed by atoms with E-state index in [1.165, 1.54) is 0 Å². The summed E-state index contributed by atoms with van der Waals surface area (Å²) in [6, 6.07) is 30.6. The summed E-state index contributed by atoms with van der Waals surface area (Å²) < 4.78 is 0. The molecule has 0 aromatic heterocycles. The van der Waals surface area contributed by atoms with Crippen LogP contribution in [0.2, 0.25) is 0 Å². The molecule has 0 radical (unpaired) electrons. The second-order valence-electron chi connectivity index (χ2n) is 7.91. The van der Waals surface area contributed by atoms with Gasteiger partial charge in [-0.3, -0.25) is 0 Å². The third-order valence-electron chi connectivity index (χ3n) is 5.64. The normalized spacial score (nSPS) is 10.6. The van der Waals surface area contributed by atoms with Crippen LogP contribution in [0.25, 0.3) is 17.0 Å². The van der Waals surface area contributed by atoms with Crippen LogP contribution < -0.4 is 4.90 Å². The van der Waals surface area contributed by atoms with E-state index in [0.717, 1.165) is 33.8 Å². The van der Waals surface area contributed by atoms with Crippen molar-refractivity contribution in [1.29, 1.82) is 5.26 Å². The van der Waals surface area contributed by atoms with Gasteiger partial charge in [0.05, 0.1) is 31.4 Å². The standard InChI is InChI=1S/C30H23N3O2/c1-32-30-17-9-25(19-31)18-26(30)10-2-22-3-11-27(12-4-22)33(28-13-5-23(20-34)6-14-28)29-15-7-24(21-35)8-16-29/h2-18,34-35H,20-21H2. The zero-order valence-corrected chi connectivity index (χ0v) is 19.0. The van der Waals surface area contributed by atoms with Crippen LogP contribution in [0.1, 0.15) is 27.8 Å². The summed E-state index contributed by atoms with van der Waals surface area (Å²) in [4.78, 5) is 5.64. The van der Waals surface area contributed by atoms with E-state index in [4.69, 9.17) is 11.8 Å². The van der Waals surface area contributed by atoms with E-state index >= 15 is 0 Å². The van der Waals surface area contributed by atoms with Gasteiger partial charge in [-0.25, -0.2) is 4.85 Å². The molecule has 170 valence electrons. The Bertz CT molecular complexity index is 1360. The lowest BCUT2D eigenvalue weighted by Gasteiger charge is -2.26. The van der Waals surface area contributed by atoms with E-state index in [1.807, 2.05) is 84.9 Å². The Morgan fingerprint density at radius 2 is 1.26 bits per heavy atom. The van der Waals surface area contributed by atoms with Gasteiger partial charge in [-0.1, -0.05) is 60.7 Å². The number of hydrogen-bond acceptors (Lipinski definition) is 4. The predicted octanol–water partition coefficient (Wildman–Crippen LogP) is 6.73. The highest BCUT2D eigenvalue weighted by Gasteiger charge is 2.12. The summed E-state index contributed by atoms with van der Waals surface area (Å²) in [6.07, 6.45) is 3.77. The molecule has 0 fully saturated rings. The number of aliphatic hydroxyl groups excluding tert-OH is 2. The van der Waals surface area contributed by atoms with Gasteiger partial charge >= 0.3 is 0 Å². The molecular formula is C30H23N3O2. The van der Waals surface area contributed by atoms with E-state index in [1.54, 1.807) is 18.2 Å². The molecule has 5 nitrogen and oxygen atoms in total. The molecule has 5 heteroatoms. The average molecular weight is 458 g/mol. The number of nitriles is 1. The highest BCUT2D eigenvalue weighted by molar-refractivity contribution is 5.80. The smallest absolute Gasteiger partial charge is 0.194 e. The predicted molar refractivity (Wildman–Crippen MR) is 139 cm³/mol. The zero-order chi connectivity index (χ0) is 24.6. The third kappa shape index (κ3) is 5.46. The van der Waals surface area contributed by atoms with Crippen molar-refractivity contribution in [2.45, 2.75) is 13.2 Å². The number of aliphatic hydroxyl groups is 2. The Morgan fingerprint density at radius 3 is 1.71 bits per heavy atom. The first kappa shape index (κ1) is 23.5. The lowest BCUT2D eigenvalue weighted by atomic mass is 10.1. The van der Waals surface area contributed by atoms with Gasteiger partial charge in [0.15, 0.2) is 5.69 Å². The molecule has 0 unspecified atom stereocenters. The minimum absolute atomic E-state index is 0.0149. The van der Waals surface area contributed by atoms with Crippen molar-refractivity contribution in [2.75, 3.05) is 4.90 Å². The first-order valence-corrected chi connectivity index (χ1v) is 11.0. The molecule has 0 amide bonds. The first-order chi connectivity index (χ1) is 17.1.